The molecule has 6 N–H and O–H groups in total. The highest BCUT2D eigenvalue weighted by Gasteiger charge is 2.38. The Morgan fingerprint density at radius 3 is 2.49 bits per heavy atom. The number of rotatable bonds is 15. The Balaban J connectivity index is 1.25. The second-order valence-corrected chi connectivity index (χ2v) is 13.2. The number of amides is 3. The number of benzene rings is 1. The van der Waals surface area contributed by atoms with Gasteiger partial charge in [-0.05, 0) is 62.3 Å². The minimum absolute atomic E-state index is 0.0169. The topological polar surface area (TPSA) is 167 Å². The molecule has 1 aliphatic rings. The van der Waals surface area contributed by atoms with Crippen molar-refractivity contribution in [1.82, 2.24) is 25.4 Å². The van der Waals surface area contributed by atoms with Crippen LogP contribution in [-0.4, -0.2) is 68.8 Å². The van der Waals surface area contributed by atoms with Gasteiger partial charge in [0.15, 0.2) is 5.82 Å². The molecule has 1 aromatic carbocycles. The lowest BCUT2D eigenvalue weighted by Gasteiger charge is -2.35. The van der Waals surface area contributed by atoms with Crippen LogP contribution in [0.4, 0.5) is 26.1 Å². The van der Waals surface area contributed by atoms with Crippen LogP contribution in [0.3, 0.4) is 0 Å². The smallest absolute Gasteiger partial charge is 0.302 e. The third-order valence-electron chi connectivity index (χ3n) is 7.76. The van der Waals surface area contributed by atoms with Crippen LogP contribution in [0.15, 0.2) is 42.6 Å². The molecule has 1 saturated heterocycles. The summed E-state index contributed by atoms with van der Waals surface area (Å²) in [6.45, 7) is 9.04. The molecule has 0 saturated carbocycles. The number of carbonyl (C=O) groups excluding carboxylic acids is 3. The van der Waals surface area contributed by atoms with Gasteiger partial charge in [-0.2, -0.15) is 13.9 Å². The first-order valence-electron chi connectivity index (χ1n) is 15.5. The van der Waals surface area contributed by atoms with Gasteiger partial charge >= 0.3 is 5.76 Å². The van der Waals surface area contributed by atoms with Gasteiger partial charge in [0.2, 0.25) is 11.8 Å². The molecule has 3 amide bonds. The second-order valence-electron chi connectivity index (χ2n) is 12.4. The molecule has 254 valence electrons. The van der Waals surface area contributed by atoms with Crippen molar-refractivity contribution in [2.45, 2.75) is 77.6 Å². The van der Waals surface area contributed by atoms with E-state index in [0.29, 0.717) is 48.0 Å². The van der Waals surface area contributed by atoms with E-state index in [1.165, 1.54) is 6.20 Å². The highest BCUT2D eigenvalue weighted by atomic mass is 32.2. The molecule has 3 heterocycles. The van der Waals surface area contributed by atoms with Gasteiger partial charge in [-0.15, -0.1) is 0 Å². The Kier molecular flexibility index (Phi) is 12.0. The van der Waals surface area contributed by atoms with Crippen molar-refractivity contribution in [2.75, 3.05) is 23.2 Å². The van der Waals surface area contributed by atoms with Crippen LogP contribution in [-0.2, 0) is 9.59 Å². The molecule has 1 fully saturated rings. The summed E-state index contributed by atoms with van der Waals surface area (Å²) < 4.78 is 33.2. The first-order chi connectivity index (χ1) is 22.3. The fourth-order valence-corrected chi connectivity index (χ4v) is 5.61. The summed E-state index contributed by atoms with van der Waals surface area (Å²) in [7, 11) is 0. The predicted octanol–water partition coefficient (Wildman–Crippen LogP) is 5.69. The maximum absolute atomic E-state index is 13.2. The van der Waals surface area contributed by atoms with Crippen LogP contribution in [0, 0.1) is 5.41 Å². The number of nitrogens with zero attached hydrogens (tertiary/aromatic N) is 3. The number of primary amides is 1. The molecular formula is C32H42F2N8O4S. The minimum Gasteiger partial charge on any atom is -0.492 e. The Morgan fingerprint density at radius 1 is 1.15 bits per heavy atom. The van der Waals surface area contributed by atoms with E-state index in [1.807, 2.05) is 32.6 Å². The van der Waals surface area contributed by atoms with E-state index in [-0.39, 0.29) is 47.6 Å². The maximum Gasteiger partial charge on any atom is 0.302 e. The lowest BCUT2D eigenvalue weighted by molar-refractivity contribution is -0.140. The summed E-state index contributed by atoms with van der Waals surface area (Å²) in [5.41, 5.74) is 6.78. The number of hydrogen-bond donors (Lipinski definition) is 5. The van der Waals surface area contributed by atoms with E-state index in [0.717, 1.165) is 19.4 Å². The summed E-state index contributed by atoms with van der Waals surface area (Å²) in [5.74, 6) is -2.37. The number of ether oxygens (including phenoxy) is 1. The zero-order chi connectivity index (χ0) is 34.1. The first kappa shape index (κ1) is 35.5. The third kappa shape index (κ3) is 9.80. The SMILES string of the molecule is CC1CCCN1C(=O)C(NC(=O)CCCCOc1ccc(Nc2n[nH]c(-c3ccc(NSC(F)F)cc3)c2C(N)=O)nc1)C(C)(C)C. The summed E-state index contributed by atoms with van der Waals surface area (Å²) in [6, 6.07) is 9.47. The number of halogens is 2. The predicted molar refractivity (Wildman–Crippen MR) is 178 cm³/mol. The molecule has 4 rings (SSSR count). The number of aromatic nitrogens is 3. The van der Waals surface area contributed by atoms with Gasteiger partial charge in [0.25, 0.3) is 5.91 Å². The van der Waals surface area contributed by atoms with Crippen LogP contribution >= 0.6 is 11.9 Å². The van der Waals surface area contributed by atoms with Gasteiger partial charge in [0, 0.05) is 42.2 Å². The largest absolute Gasteiger partial charge is 0.492 e. The van der Waals surface area contributed by atoms with E-state index < -0.39 is 23.1 Å². The number of alkyl halides is 2. The molecule has 3 aromatic rings. The normalized spacial score (nSPS) is 15.4. The van der Waals surface area contributed by atoms with Crippen molar-refractivity contribution < 1.29 is 27.9 Å². The van der Waals surface area contributed by atoms with Gasteiger partial charge in [-0.1, -0.05) is 32.9 Å². The monoisotopic (exact) mass is 672 g/mol. The quantitative estimate of drug-likeness (QED) is 0.101. The van der Waals surface area contributed by atoms with Crippen molar-refractivity contribution in [3.05, 3.63) is 48.2 Å². The minimum atomic E-state index is -2.56. The van der Waals surface area contributed by atoms with Gasteiger partial charge in [0.05, 0.1) is 18.5 Å². The average Bonchev–Trinajstić information content (AvgIpc) is 3.65. The molecule has 2 atom stereocenters. The molecular weight excluding hydrogens is 630 g/mol. The lowest BCUT2D eigenvalue weighted by Crippen LogP contribution is -2.55. The van der Waals surface area contributed by atoms with Crippen molar-refractivity contribution in [1.29, 1.82) is 0 Å². The van der Waals surface area contributed by atoms with Crippen LogP contribution in [0.2, 0.25) is 0 Å². The molecule has 1 aliphatic heterocycles. The number of likely N-dealkylation sites (tertiary alicyclic amines) is 1. The Labute approximate surface area is 277 Å². The average molecular weight is 673 g/mol. The van der Waals surface area contributed by atoms with E-state index in [2.05, 4.69) is 30.5 Å². The second kappa shape index (κ2) is 15.9. The maximum atomic E-state index is 13.2. The van der Waals surface area contributed by atoms with Crippen LogP contribution in [0.5, 0.6) is 5.75 Å². The number of hydrogen-bond acceptors (Lipinski definition) is 9. The standard InChI is InChI=1S/C32H42F2N8O4S/c1-19-8-7-16-42(19)30(45)27(32(2,3)4)38-24(43)9-5-6-17-46-22-14-15-23(36-18-22)37-29-25(28(35)44)26(39-40-29)20-10-12-21(13-11-20)41-47-31(33)34/h10-15,18-19,27,31,41H,5-9,16-17H2,1-4H3,(H2,35,44)(H,38,43)(H2,36,37,39,40). The molecule has 0 bridgehead atoms. The fraction of sp³-hybridized carbons (Fsp3) is 0.469. The summed E-state index contributed by atoms with van der Waals surface area (Å²) in [4.78, 5) is 44.4. The van der Waals surface area contributed by atoms with Gasteiger partial charge in [-0.25, -0.2) is 4.98 Å². The third-order valence-corrected chi connectivity index (χ3v) is 8.29. The molecule has 0 aliphatic carbocycles. The van der Waals surface area contributed by atoms with Crippen LogP contribution < -0.4 is 25.8 Å². The summed E-state index contributed by atoms with van der Waals surface area (Å²) in [5, 5.41) is 12.9. The number of nitrogens with one attached hydrogen (secondary N) is 4. The van der Waals surface area contributed by atoms with Crippen molar-refractivity contribution >= 4 is 47.0 Å². The summed E-state index contributed by atoms with van der Waals surface area (Å²) in [6.07, 6.45) is 5.00. The summed E-state index contributed by atoms with van der Waals surface area (Å²) >= 11 is 0.285. The number of nitrogens with two attached hydrogens (primary N) is 1. The van der Waals surface area contributed by atoms with Gasteiger partial charge in [-0.3, -0.25) is 19.5 Å². The van der Waals surface area contributed by atoms with Crippen LogP contribution in [0.25, 0.3) is 11.3 Å². The van der Waals surface area contributed by atoms with E-state index >= 15 is 0 Å². The van der Waals surface area contributed by atoms with Gasteiger partial charge < -0.3 is 30.7 Å². The van der Waals surface area contributed by atoms with E-state index in [9.17, 15) is 23.2 Å². The lowest BCUT2D eigenvalue weighted by atomic mass is 9.85. The Hall–Kier alpha value is -4.40. The van der Waals surface area contributed by atoms with E-state index in [4.69, 9.17) is 10.5 Å². The Morgan fingerprint density at radius 2 is 1.89 bits per heavy atom. The molecule has 0 spiro atoms. The number of pyridine rings is 1. The molecule has 2 aromatic heterocycles. The number of aromatic amines is 1. The number of anilines is 3. The van der Waals surface area contributed by atoms with Crippen molar-refractivity contribution in [2.24, 2.45) is 11.1 Å². The fourth-order valence-electron chi connectivity index (χ4n) is 5.25. The molecule has 2 unspecified atom stereocenters. The first-order valence-corrected chi connectivity index (χ1v) is 16.4. The number of H-pyrrole nitrogens is 1. The zero-order valence-corrected chi connectivity index (χ0v) is 27.8. The number of carbonyl (C=O) groups is 3. The zero-order valence-electron chi connectivity index (χ0n) is 26.9. The van der Waals surface area contributed by atoms with Gasteiger partial charge in [0.1, 0.15) is 23.2 Å². The highest BCUT2D eigenvalue weighted by Crippen LogP contribution is 2.30. The van der Waals surface area contributed by atoms with Crippen molar-refractivity contribution in [3.8, 4) is 17.0 Å². The van der Waals surface area contributed by atoms with E-state index in [1.54, 1.807) is 36.4 Å². The Bertz CT molecular complexity index is 1510. The molecule has 12 nitrogen and oxygen atoms in total. The van der Waals surface area contributed by atoms with Crippen molar-refractivity contribution in [3.63, 3.8) is 0 Å². The highest BCUT2D eigenvalue weighted by molar-refractivity contribution is 8.00. The molecule has 0 radical (unpaired) electrons. The molecule has 47 heavy (non-hydrogen) atoms. The number of unbranched alkanes of at least 4 members (excludes halogenated alkanes) is 1. The van der Waals surface area contributed by atoms with Crippen LogP contribution in [0.1, 0.15) is 70.2 Å². The molecule has 15 heteroatoms.